The van der Waals surface area contributed by atoms with Gasteiger partial charge >= 0.3 is 0 Å². The highest BCUT2D eigenvalue weighted by molar-refractivity contribution is 6.30. The van der Waals surface area contributed by atoms with E-state index < -0.39 is 6.10 Å². The Hall–Kier alpha value is -1.83. The summed E-state index contributed by atoms with van der Waals surface area (Å²) in [5.74, 6) is 1.52. The number of fused-ring (bicyclic) bond motifs is 1. The van der Waals surface area contributed by atoms with Crippen molar-refractivity contribution in [2.75, 3.05) is 46.1 Å². The largest absolute Gasteiger partial charge is 0.454 e. The van der Waals surface area contributed by atoms with E-state index in [0.29, 0.717) is 19.8 Å². The summed E-state index contributed by atoms with van der Waals surface area (Å²) < 4.78 is 16.4. The number of ether oxygens (including phenoxy) is 3. The lowest BCUT2D eigenvalue weighted by molar-refractivity contribution is 0.000855. The van der Waals surface area contributed by atoms with Crippen LogP contribution in [0.25, 0.3) is 0 Å². The number of piperazine rings is 1. The standard InChI is InChI=1S/C22H27ClN2O4/c23-19-4-1-17(2-5-19)12-24-7-9-25(10-8-24)13-20(26)15-27-14-18-3-6-21-22(11-18)29-16-28-21/h1-6,11,20,26H,7-10,12-16H2/t20-/m0/s1. The highest BCUT2D eigenvalue weighted by Crippen LogP contribution is 2.32. The van der Waals surface area contributed by atoms with E-state index >= 15 is 0 Å². The third-order valence-electron chi connectivity index (χ3n) is 5.27. The molecule has 2 aliphatic heterocycles. The molecule has 1 N–H and O–H groups in total. The first-order valence-corrected chi connectivity index (χ1v) is 10.4. The molecule has 2 aromatic carbocycles. The van der Waals surface area contributed by atoms with Crippen molar-refractivity contribution < 1.29 is 19.3 Å². The average Bonchev–Trinajstić information content (AvgIpc) is 3.19. The predicted octanol–water partition coefficient (Wildman–Crippen LogP) is 2.76. The summed E-state index contributed by atoms with van der Waals surface area (Å²) in [6.45, 7) is 6.50. The Labute approximate surface area is 176 Å². The van der Waals surface area contributed by atoms with Crippen LogP contribution in [0.15, 0.2) is 42.5 Å². The zero-order chi connectivity index (χ0) is 20.1. The summed E-state index contributed by atoms with van der Waals surface area (Å²) in [7, 11) is 0. The van der Waals surface area contributed by atoms with E-state index in [0.717, 1.165) is 54.8 Å². The lowest BCUT2D eigenvalue weighted by Crippen LogP contribution is -2.48. The molecule has 2 heterocycles. The molecular weight excluding hydrogens is 392 g/mol. The summed E-state index contributed by atoms with van der Waals surface area (Å²) in [5.41, 5.74) is 2.29. The van der Waals surface area contributed by atoms with Crippen LogP contribution in [-0.2, 0) is 17.9 Å². The molecule has 2 aliphatic rings. The number of nitrogens with zero attached hydrogens (tertiary/aromatic N) is 2. The van der Waals surface area contributed by atoms with E-state index in [4.69, 9.17) is 25.8 Å². The zero-order valence-corrected chi connectivity index (χ0v) is 17.2. The molecule has 2 aromatic rings. The van der Waals surface area contributed by atoms with Crippen molar-refractivity contribution in [3.8, 4) is 11.5 Å². The number of rotatable bonds is 8. The monoisotopic (exact) mass is 418 g/mol. The van der Waals surface area contributed by atoms with Crippen molar-refractivity contribution in [1.82, 2.24) is 9.80 Å². The molecular formula is C22H27ClN2O4. The summed E-state index contributed by atoms with van der Waals surface area (Å²) in [6, 6.07) is 13.8. The molecule has 1 fully saturated rings. The molecule has 0 amide bonds. The Kier molecular flexibility index (Phi) is 6.90. The van der Waals surface area contributed by atoms with Crippen LogP contribution < -0.4 is 9.47 Å². The molecule has 0 spiro atoms. The Morgan fingerprint density at radius 1 is 0.931 bits per heavy atom. The minimum atomic E-state index is -0.494. The second kappa shape index (κ2) is 9.78. The predicted molar refractivity (Wildman–Crippen MR) is 111 cm³/mol. The van der Waals surface area contributed by atoms with Crippen LogP contribution in [0.5, 0.6) is 11.5 Å². The van der Waals surface area contributed by atoms with Gasteiger partial charge in [-0.15, -0.1) is 0 Å². The van der Waals surface area contributed by atoms with Gasteiger partial charge in [0.25, 0.3) is 0 Å². The minimum absolute atomic E-state index is 0.269. The summed E-state index contributed by atoms with van der Waals surface area (Å²) >= 11 is 5.95. The molecule has 6 nitrogen and oxygen atoms in total. The fraction of sp³-hybridized carbons (Fsp3) is 0.455. The van der Waals surface area contributed by atoms with Gasteiger partial charge in [-0.25, -0.2) is 0 Å². The van der Waals surface area contributed by atoms with Gasteiger partial charge in [0.1, 0.15) is 0 Å². The number of hydrogen-bond donors (Lipinski definition) is 1. The smallest absolute Gasteiger partial charge is 0.231 e. The fourth-order valence-corrected chi connectivity index (χ4v) is 3.80. The van der Waals surface area contributed by atoms with Crippen LogP contribution in [0.2, 0.25) is 5.02 Å². The quantitative estimate of drug-likeness (QED) is 0.711. The summed E-state index contributed by atoms with van der Waals surface area (Å²) in [5, 5.41) is 11.1. The first-order chi connectivity index (χ1) is 14.2. The van der Waals surface area contributed by atoms with E-state index in [1.54, 1.807) is 0 Å². The maximum Gasteiger partial charge on any atom is 0.231 e. The zero-order valence-electron chi connectivity index (χ0n) is 16.4. The van der Waals surface area contributed by atoms with Gasteiger partial charge in [0, 0.05) is 44.3 Å². The van der Waals surface area contributed by atoms with Crippen molar-refractivity contribution in [3.05, 3.63) is 58.6 Å². The van der Waals surface area contributed by atoms with Gasteiger partial charge in [-0.05, 0) is 35.4 Å². The lowest BCUT2D eigenvalue weighted by Gasteiger charge is -2.35. The molecule has 156 valence electrons. The van der Waals surface area contributed by atoms with E-state index in [2.05, 4.69) is 21.9 Å². The van der Waals surface area contributed by atoms with Gasteiger partial charge in [-0.1, -0.05) is 29.8 Å². The molecule has 0 aromatic heterocycles. The third-order valence-corrected chi connectivity index (χ3v) is 5.52. The molecule has 0 bridgehead atoms. The maximum atomic E-state index is 10.3. The first-order valence-electron chi connectivity index (χ1n) is 9.99. The van der Waals surface area contributed by atoms with Gasteiger partial charge < -0.3 is 19.3 Å². The molecule has 29 heavy (non-hydrogen) atoms. The van der Waals surface area contributed by atoms with Crippen LogP contribution in [0.1, 0.15) is 11.1 Å². The highest BCUT2D eigenvalue weighted by Gasteiger charge is 2.19. The Morgan fingerprint density at radius 3 is 2.41 bits per heavy atom. The molecule has 7 heteroatoms. The van der Waals surface area contributed by atoms with Crippen LogP contribution in [-0.4, -0.2) is 67.1 Å². The Morgan fingerprint density at radius 2 is 1.62 bits per heavy atom. The Bertz CT molecular complexity index is 794. The number of hydrogen-bond acceptors (Lipinski definition) is 6. The molecule has 0 aliphatic carbocycles. The molecule has 0 unspecified atom stereocenters. The van der Waals surface area contributed by atoms with Crippen molar-refractivity contribution in [1.29, 1.82) is 0 Å². The van der Waals surface area contributed by atoms with Crippen LogP contribution >= 0.6 is 11.6 Å². The molecule has 1 saturated heterocycles. The van der Waals surface area contributed by atoms with Gasteiger partial charge in [-0.2, -0.15) is 0 Å². The fourth-order valence-electron chi connectivity index (χ4n) is 3.67. The van der Waals surface area contributed by atoms with E-state index in [1.807, 2.05) is 30.3 Å². The van der Waals surface area contributed by atoms with Gasteiger partial charge in [0.05, 0.1) is 19.3 Å². The van der Waals surface area contributed by atoms with Crippen molar-refractivity contribution >= 4 is 11.6 Å². The van der Waals surface area contributed by atoms with Crippen LogP contribution in [0, 0.1) is 0 Å². The second-order valence-corrected chi connectivity index (χ2v) is 8.00. The maximum absolute atomic E-state index is 10.3. The van der Waals surface area contributed by atoms with Gasteiger partial charge in [0.2, 0.25) is 6.79 Å². The molecule has 0 saturated carbocycles. The molecule has 4 rings (SSSR count). The third kappa shape index (κ3) is 5.84. The Balaban J connectivity index is 1.13. The highest BCUT2D eigenvalue weighted by atomic mass is 35.5. The average molecular weight is 419 g/mol. The topological polar surface area (TPSA) is 54.4 Å². The van der Waals surface area contributed by atoms with Crippen LogP contribution in [0.3, 0.4) is 0 Å². The molecule has 1 atom stereocenters. The molecule has 0 radical (unpaired) electrons. The number of β-amino-alcohol motifs (C(OH)–C–C–N with tert-alkyl or cyclic N) is 1. The number of aliphatic hydroxyl groups excluding tert-OH is 1. The normalized spacial score (nSPS) is 18.1. The van der Waals surface area contributed by atoms with E-state index in [1.165, 1.54) is 5.56 Å². The number of benzene rings is 2. The second-order valence-electron chi connectivity index (χ2n) is 7.56. The number of halogens is 1. The lowest BCUT2D eigenvalue weighted by atomic mass is 10.2. The van der Waals surface area contributed by atoms with Gasteiger partial charge in [0.15, 0.2) is 11.5 Å². The van der Waals surface area contributed by atoms with E-state index in [-0.39, 0.29) is 6.79 Å². The van der Waals surface area contributed by atoms with Crippen molar-refractivity contribution in [2.45, 2.75) is 19.3 Å². The SMILES string of the molecule is O[C@H](COCc1ccc2c(c1)OCO2)CN1CCN(Cc2ccc(Cl)cc2)CC1. The number of aliphatic hydroxyl groups is 1. The minimum Gasteiger partial charge on any atom is -0.454 e. The first kappa shape index (κ1) is 20.4. The van der Waals surface area contributed by atoms with Crippen molar-refractivity contribution in [3.63, 3.8) is 0 Å². The van der Waals surface area contributed by atoms with Crippen molar-refractivity contribution in [2.24, 2.45) is 0 Å². The van der Waals surface area contributed by atoms with Crippen LogP contribution in [0.4, 0.5) is 0 Å². The van der Waals surface area contributed by atoms with Gasteiger partial charge in [-0.3, -0.25) is 9.80 Å². The summed E-state index contributed by atoms with van der Waals surface area (Å²) in [4.78, 5) is 4.73. The summed E-state index contributed by atoms with van der Waals surface area (Å²) in [6.07, 6.45) is -0.494. The van der Waals surface area contributed by atoms with E-state index in [9.17, 15) is 5.11 Å².